The van der Waals surface area contributed by atoms with E-state index in [1.807, 2.05) is 0 Å². The van der Waals surface area contributed by atoms with Crippen molar-refractivity contribution in [2.24, 2.45) is 11.1 Å². The molecule has 3 N–H and O–H groups in total. The summed E-state index contributed by atoms with van der Waals surface area (Å²) in [5, 5.41) is 8.63. The molecule has 1 aromatic rings. The Morgan fingerprint density at radius 2 is 2.14 bits per heavy atom. The molecule has 0 aromatic heterocycles. The summed E-state index contributed by atoms with van der Waals surface area (Å²) >= 11 is 0. The van der Waals surface area contributed by atoms with Crippen LogP contribution in [0.15, 0.2) is 23.1 Å². The lowest BCUT2D eigenvalue weighted by molar-refractivity contribution is 0.326. The fourth-order valence-electron chi connectivity index (χ4n) is 2.99. The topological polar surface area (TPSA) is 81.4 Å². The van der Waals surface area contributed by atoms with Crippen molar-refractivity contribution in [2.45, 2.75) is 50.0 Å². The molecular formula is C15H24N2O3S. The molecule has 0 aliphatic heterocycles. The summed E-state index contributed by atoms with van der Waals surface area (Å²) in [5.41, 5.74) is 0.700. The van der Waals surface area contributed by atoms with Crippen LogP contribution in [-0.4, -0.2) is 21.6 Å². The quantitative estimate of drug-likeness (QED) is 0.876. The molecule has 1 fully saturated rings. The zero-order valence-electron chi connectivity index (χ0n) is 12.6. The Morgan fingerprint density at radius 1 is 1.38 bits per heavy atom. The molecule has 2 atom stereocenters. The van der Waals surface area contributed by atoms with Crippen LogP contribution in [0.4, 0.5) is 5.69 Å². The first kappa shape index (κ1) is 16.1. The smallest absolute Gasteiger partial charge is 0.238 e. The minimum absolute atomic E-state index is 0.105. The SMILES string of the molecule is CCC1CCCC(Nc2cc(S(N)(=O)=O)ccc2OC)C1. The highest BCUT2D eigenvalue weighted by Crippen LogP contribution is 2.32. The number of hydrogen-bond donors (Lipinski definition) is 2. The van der Waals surface area contributed by atoms with Crippen molar-refractivity contribution in [3.8, 4) is 5.75 Å². The van der Waals surface area contributed by atoms with Gasteiger partial charge in [-0.3, -0.25) is 0 Å². The minimum Gasteiger partial charge on any atom is -0.495 e. The third-order valence-corrected chi connectivity index (χ3v) is 5.13. The van der Waals surface area contributed by atoms with Crippen LogP contribution in [0.1, 0.15) is 39.0 Å². The van der Waals surface area contributed by atoms with E-state index in [4.69, 9.17) is 9.88 Å². The average Bonchev–Trinajstić information content (AvgIpc) is 2.46. The Balaban J connectivity index is 2.21. The summed E-state index contributed by atoms with van der Waals surface area (Å²) in [5.74, 6) is 1.38. The number of primary sulfonamides is 1. The molecule has 0 amide bonds. The van der Waals surface area contributed by atoms with E-state index in [1.54, 1.807) is 19.2 Å². The first-order valence-electron chi connectivity index (χ1n) is 7.41. The van der Waals surface area contributed by atoms with Gasteiger partial charge < -0.3 is 10.1 Å². The number of rotatable bonds is 5. The summed E-state index contributed by atoms with van der Waals surface area (Å²) < 4.78 is 28.3. The van der Waals surface area contributed by atoms with Crippen LogP contribution < -0.4 is 15.2 Å². The second-order valence-corrected chi connectivity index (χ2v) is 7.25. The molecular weight excluding hydrogens is 288 g/mol. The Morgan fingerprint density at radius 3 is 2.76 bits per heavy atom. The van der Waals surface area contributed by atoms with E-state index in [-0.39, 0.29) is 4.90 Å². The summed E-state index contributed by atoms with van der Waals surface area (Å²) in [6.45, 7) is 2.22. The fraction of sp³-hybridized carbons (Fsp3) is 0.600. The molecule has 5 nitrogen and oxygen atoms in total. The summed E-state index contributed by atoms with van der Waals surface area (Å²) in [6, 6.07) is 5.02. The van der Waals surface area contributed by atoms with Crippen molar-refractivity contribution in [1.82, 2.24) is 0 Å². The second-order valence-electron chi connectivity index (χ2n) is 5.69. The molecule has 118 valence electrons. The van der Waals surface area contributed by atoms with Gasteiger partial charge in [-0.1, -0.05) is 26.2 Å². The summed E-state index contributed by atoms with van der Waals surface area (Å²) in [4.78, 5) is 0.105. The Bertz CT molecular complexity index is 587. The van der Waals surface area contributed by atoms with Gasteiger partial charge in [0.1, 0.15) is 5.75 Å². The van der Waals surface area contributed by atoms with Crippen LogP contribution in [0.3, 0.4) is 0 Å². The Kier molecular flexibility index (Phi) is 5.11. The third kappa shape index (κ3) is 4.11. The van der Waals surface area contributed by atoms with E-state index in [9.17, 15) is 8.42 Å². The van der Waals surface area contributed by atoms with Crippen molar-refractivity contribution < 1.29 is 13.2 Å². The van der Waals surface area contributed by atoms with Gasteiger partial charge in [0.25, 0.3) is 0 Å². The Labute approximate surface area is 126 Å². The van der Waals surface area contributed by atoms with Gasteiger partial charge in [0.05, 0.1) is 17.7 Å². The molecule has 0 radical (unpaired) electrons. The summed E-state index contributed by atoms with van der Waals surface area (Å²) in [6.07, 6.45) is 5.88. The lowest BCUT2D eigenvalue weighted by Crippen LogP contribution is -2.27. The largest absolute Gasteiger partial charge is 0.495 e. The van der Waals surface area contributed by atoms with Crippen molar-refractivity contribution in [2.75, 3.05) is 12.4 Å². The highest BCUT2D eigenvalue weighted by Gasteiger charge is 2.22. The van der Waals surface area contributed by atoms with Crippen LogP contribution >= 0.6 is 0 Å². The van der Waals surface area contributed by atoms with Gasteiger partial charge in [0.2, 0.25) is 10.0 Å². The van der Waals surface area contributed by atoms with Crippen LogP contribution in [0.5, 0.6) is 5.75 Å². The number of sulfonamides is 1. The van der Waals surface area contributed by atoms with Crippen molar-refractivity contribution in [3.05, 3.63) is 18.2 Å². The van der Waals surface area contributed by atoms with Gasteiger partial charge in [0, 0.05) is 6.04 Å². The molecule has 1 saturated carbocycles. The van der Waals surface area contributed by atoms with Gasteiger partial charge in [-0.25, -0.2) is 13.6 Å². The average molecular weight is 312 g/mol. The number of nitrogens with two attached hydrogens (primary N) is 1. The molecule has 2 rings (SSSR count). The first-order chi connectivity index (χ1) is 9.94. The highest BCUT2D eigenvalue weighted by molar-refractivity contribution is 7.89. The zero-order chi connectivity index (χ0) is 15.5. The molecule has 1 aromatic carbocycles. The van der Waals surface area contributed by atoms with Crippen molar-refractivity contribution in [1.29, 1.82) is 0 Å². The maximum Gasteiger partial charge on any atom is 0.238 e. The fourth-order valence-corrected chi connectivity index (χ4v) is 3.53. The number of ether oxygens (including phenoxy) is 1. The van der Waals surface area contributed by atoms with Gasteiger partial charge >= 0.3 is 0 Å². The molecule has 1 aliphatic rings. The van der Waals surface area contributed by atoms with E-state index < -0.39 is 10.0 Å². The normalized spacial score (nSPS) is 22.8. The van der Waals surface area contributed by atoms with Crippen molar-refractivity contribution >= 4 is 15.7 Å². The number of anilines is 1. The maximum atomic E-state index is 11.5. The van der Waals surface area contributed by atoms with E-state index in [2.05, 4.69) is 12.2 Å². The van der Waals surface area contributed by atoms with Crippen LogP contribution in [0.25, 0.3) is 0 Å². The van der Waals surface area contributed by atoms with E-state index in [1.165, 1.54) is 25.3 Å². The van der Waals surface area contributed by atoms with Crippen molar-refractivity contribution in [3.63, 3.8) is 0 Å². The summed E-state index contributed by atoms with van der Waals surface area (Å²) in [7, 11) is -2.13. The molecule has 6 heteroatoms. The van der Waals surface area contributed by atoms with Gasteiger partial charge in [0.15, 0.2) is 0 Å². The molecule has 1 aliphatic carbocycles. The number of nitrogens with one attached hydrogen (secondary N) is 1. The zero-order valence-corrected chi connectivity index (χ0v) is 13.4. The Hall–Kier alpha value is -1.27. The van der Waals surface area contributed by atoms with Gasteiger partial charge in [-0.15, -0.1) is 0 Å². The molecule has 2 unspecified atom stereocenters. The van der Waals surface area contributed by atoms with E-state index in [0.717, 1.165) is 18.8 Å². The predicted octanol–water partition coefficient (Wildman–Crippen LogP) is 2.72. The molecule has 0 saturated heterocycles. The first-order valence-corrected chi connectivity index (χ1v) is 8.96. The third-order valence-electron chi connectivity index (χ3n) is 4.22. The minimum atomic E-state index is -3.70. The number of benzene rings is 1. The van der Waals surface area contributed by atoms with Gasteiger partial charge in [-0.2, -0.15) is 0 Å². The highest BCUT2D eigenvalue weighted by atomic mass is 32.2. The van der Waals surface area contributed by atoms with E-state index >= 15 is 0 Å². The lowest BCUT2D eigenvalue weighted by Gasteiger charge is -2.30. The number of hydrogen-bond acceptors (Lipinski definition) is 4. The molecule has 0 spiro atoms. The second kappa shape index (κ2) is 6.66. The molecule has 0 bridgehead atoms. The van der Waals surface area contributed by atoms with Crippen LogP contribution in [-0.2, 0) is 10.0 Å². The van der Waals surface area contributed by atoms with E-state index in [0.29, 0.717) is 17.5 Å². The standard InChI is InChI=1S/C15H24N2O3S/c1-3-11-5-4-6-12(9-11)17-14-10-13(21(16,18)19)7-8-15(14)20-2/h7-8,10-12,17H,3-6,9H2,1-2H3,(H2,16,18,19). The molecule has 0 heterocycles. The molecule has 21 heavy (non-hydrogen) atoms. The lowest BCUT2D eigenvalue weighted by atomic mass is 9.84. The maximum absolute atomic E-state index is 11.5. The predicted molar refractivity (Wildman–Crippen MR) is 84.0 cm³/mol. The van der Waals surface area contributed by atoms with Crippen LogP contribution in [0, 0.1) is 5.92 Å². The number of methoxy groups -OCH3 is 1. The van der Waals surface area contributed by atoms with Crippen LogP contribution in [0.2, 0.25) is 0 Å². The monoisotopic (exact) mass is 312 g/mol. The van der Waals surface area contributed by atoms with Gasteiger partial charge in [-0.05, 0) is 37.0 Å².